The van der Waals surface area contributed by atoms with E-state index in [1.165, 1.54) is 30.3 Å². The molecule has 4 nitrogen and oxygen atoms in total. The summed E-state index contributed by atoms with van der Waals surface area (Å²) in [6, 6.07) is 14.0. The number of ketones is 1. The summed E-state index contributed by atoms with van der Waals surface area (Å²) in [5.41, 5.74) is 1.69. The molecule has 1 heterocycles. The molecule has 4 rings (SSSR count). The summed E-state index contributed by atoms with van der Waals surface area (Å²) < 4.78 is 14.8. The van der Waals surface area contributed by atoms with Crippen LogP contribution in [0.5, 0.6) is 0 Å². The van der Waals surface area contributed by atoms with Crippen LogP contribution in [0.25, 0.3) is 5.76 Å². The van der Waals surface area contributed by atoms with Gasteiger partial charge in [-0.05, 0) is 60.5 Å². The molecular weight excluding hydrogens is 520 g/mol. The van der Waals surface area contributed by atoms with Gasteiger partial charge in [-0.15, -0.1) is 0 Å². The van der Waals surface area contributed by atoms with Crippen molar-refractivity contribution in [1.29, 1.82) is 0 Å². The molecule has 1 aliphatic heterocycles. The molecule has 0 aromatic heterocycles. The monoisotopic (exact) mass is 533 g/mol. The summed E-state index contributed by atoms with van der Waals surface area (Å²) in [5, 5.41) is 11.6. The summed E-state index contributed by atoms with van der Waals surface area (Å²) in [4.78, 5) is 27.3. The Balaban J connectivity index is 1.98. The number of aliphatic hydroxyl groups excluding tert-OH is 1. The number of hydrogen-bond acceptors (Lipinski definition) is 3. The van der Waals surface area contributed by atoms with Crippen molar-refractivity contribution < 1.29 is 19.1 Å². The Morgan fingerprint density at radius 2 is 1.78 bits per heavy atom. The molecule has 0 aliphatic carbocycles. The van der Waals surface area contributed by atoms with Gasteiger partial charge in [0.1, 0.15) is 11.6 Å². The van der Waals surface area contributed by atoms with Gasteiger partial charge in [0, 0.05) is 15.7 Å². The molecule has 3 aromatic carbocycles. The smallest absolute Gasteiger partial charge is 0.300 e. The molecule has 0 spiro atoms. The SMILES string of the molecule is Cc1cc(/C(O)=C2/C(=O)C(=O)N(c3cccc(F)c3)C2c2ccc(Cl)c(Cl)c2)ccc1Br. The third kappa shape index (κ3) is 3.94. The summed E-state index contributed by atoms with van der Waals surface area (Å²) in [6.45, 7) is 1.84. The molecule has 8 heteroatoms. The molecule has 1 unspecified atom stereocenters. The van der Waals surface area contributed by atoms with E-state index in [0.717, 1.165) is 21.0 Å². The van der Waals surface area contributed by atoms with Gasteiger partial charge in [-0.2, -0.15) is 0 Å². The molecule has 1 amide bonds. The minimum atomic E-state index is -1.03. The van der Waals surface area contributed by atoms with E-state index in [1.54, 1.807) is 24.3 Å². The minimum absolute atomic E-state index is 0.126. The van der Waals surface area contributed by atoms with Crippen molar-refractivity contribution >= 4 is 62.3 Å². The number of aryl methyl sites for hydroxylation is 1. The molecule has 1 atom stereocenters. The lowest BCUT2D eigenvalue weighted by Gasteiger charge is -2.25. The van der Waals surface area contributed by atoms with Crippen molar-refractivity contribution in [3.05, 3.63) is 103 Å². The lowest BCUT2D eigenvalue weighted by Crippen LogP contribution is -2.29. The molecule has 0 bridgehead atoms. The van der Waals surface area contributed by atoms with E-state index in [9.17, 15) is 19.1 Å². The van der Waals surface area contributed by atoms with Crippen molar-refractivity contribution in [2.45, 2.75) is 13.0 Å². The number of amides is 1. The maximum atomic E-state index is 14.0. The number of carbonyl (C=O) groups is 2. The zero-order valence-electron chi connectivity index (χ0n) is 16.6. The number of aliphatic hydroxyl groups is 1. The van der Waals surface area contributed by atoms with Gasteiger partial charge in [-0.25, -0.2) is 4.39 Å². The van der Waals surface area contributed by atoms with Crippen LogP contribution in [0, 0.1) is 12.7 Å². The zero-order chi connectivity index (χ0) is 23.2. The van der Waals surface area contributed by atoms with Gasteiger partial charge in [0.15, 0.2) is 0 Å². The van der Waals surface area contributed by atoms with Crippen LogP contribution >= 0.6 is 39.1 Å². The Kier molecular flexibility index (Phi) is 6.12. The summed E-state index contributed by atoms with van der Waals surface area (Å²) in [7, 11) is 0. The number of benzene rings is 3. The lowest BCUT2D eigenvalue weighted by molar-refractivity contribution is -0.132. The molecule has 3 aromatic rings. The van der Waals surface area contributed by atoms with E-state index >= 15 is 0 Å². The maximum absolute atomic E-state index is 14.0. The van der Waals surface area contributed by atoms with Crippen molar-refractivity contribution in [2.24, 2.45) is 0 Å². The molecule has 0 saturated carbocycles. The first-order valence-corrected chi connectivity index (χ1v) is 11.0. The van der Waals surface area contributed by atoms with Crippen LogP contribution in [-0.4, -0.2) is 16.8 Å². The first-order chi connectivity index (χ1) is 15.2. The van der Waals surface area contributed by atoms with Gasteiger partial charge in [-0.1, -0.05) is 57.3 Å². The number of nitrogens with zero attached hydrogens (tertiary/aromatic N) is 1. The van der Waals surface area contributed by atoms with E-state index in [0.29, 0.717) is 16.1 Å². The third-order valence-corrected chi connectivity index (χ3v) is 6.85. The van der Waals surface area contributed by atoms with E-state index in [1.807, 2.05) is 6.92 Å². The van der Waals surface area contributed by atoms with Gasteiger partial charge in [0.05, 0.1) is 21.7 Å². The topological polar surface area (TPSA) is 57.6 Å². The van der Waals surface area contributed by atoms with Crippen LogP contribution in [0.15, 0.2) is 70.7 Å². The quantitative estimate of drug-likeness (QED) is 0.227. The highest BCUT2D eigenvalue weighted by molar-refractivity contribution is 9.10. The van der Waals surface area contributed by atoms with Gasteiger partial charge >= 0.3 is 0 Å². The van der Waals surface area contributed by atoms with Crippen molar-refractivity contribution in [3.8, 4) is 0 Å². The third-order valence-electron chi connectivity index (χ3n) is 5.22. The Labute approximate surface area is 202 Å². The van der Waals surface area contributed by atoms with Crippen LogP contribution in [-0.2, 0) is 9.59 Å². The standard InChI is InChI=1S/C24H15BrCl2FNO3/c1-12-9-14(5-7-17(12)25)22(30)20-21(13-6-8-18(26)19(27)10-13)29(24(32)23(20)31)16-4-2-3-15(28)11-16/h2-11,21,30H,1H3/b22-20-. The normalized spacial score (nSPS) is 17.8. The Hall–Kier alpha value is -2.67. The van der Waals surface area contributed by atoms with Crippen LogP contribution in [0.4, 0.5) is 10.1 Å². The highest BCUT2D eigenvalue weighted by Gasteiger charge is 2.47. The van der Waals surface area contributed by atoms with E-state index in [2.05, 4.69) is 15.9 Å². The van der Waals surface area contributed by atoms with E-state index in [4.69, 9.17) is 23.2 Å². The van der Waals surface area contributed by atoms with Gasteiger partial charge in [0.2, 0.25) is 0 Å². The highest BCUT2D eigenvalue weighted by atomic mass is 79.9. The zero-order valence-corrected chi connectivity index (χ0v) is 19.7. The second kappa shape index (κ2) is 8.70. The van der Waals surface area contributed by atoms with Crippen molar-refractivity contribution in [2.75, 3.05) is 4.90 Å². The Morgan fingerprint density at radius 1 is 1.03 bits per heavy atom. The average molecular weight is 535 g/mol. The maximum Gasteiger partial charge on any atom is 0.300 e. The van der Waals surface area contributed by atoms with Gasteiger partial charge < -0.3 is 5.11 Å². The van der Waals surface area contributed by atoms with Crippen LogP contribution in [0.2, 0.25) is 10.0 Å². The van der Waals surface area contributed by atoms with Gasteiger partial charge in [-0.3, -0.25) is 14.5 Å². The van der Waals surface area contributed by atoms with Gasteiger partial charge in [0.25, 0.3) is 11.7 Å². The van der Waals surface area contributed by atoms with E-state index in [-0.39, 0.29) is 22.0 Å². The molecule has 1 saturated heterocycles. The first-order valence-electron chi connectivity index (χ1n) is 9.47. The molecule has 162 valence electrons. The molecule has 1 fully saturated rings. The minimum Gasteiger partial charge on any atom is -0.507 e. The number of rotatable bonds is 3. The van der Waals surface area contributed by atoms with E-state index < -0.39 is 23.5 Å². The number of anilines is 1. The number of Topliss-reactive ketones (excluding diaryl/α,β-unsaturated/α-hetero) is 1. The van der Waals surface area contributed by atoms with Crippen LogP contribution in [0.3, 0.4) is 0 Å². The van der Waals surface area contributed by atoms with Crippen LogP contribution < -0.4 is 4.90 Å². The molecule has 1 N–H and O–H groups in total. The predicted octanol–water partition coefficient (Wildman–Crippen LogP) is 6.83. The lowest BCUT2D eigenvalue weighted by atomic mass is 9.94. The first kappa shape index (κ1) is 22.5. The Morgan fingerprint density at radius 3 is 2.44 bits per heavy atom. The number of carbonyl (C=O) groups excluding carboxylic acids is 2. The Bertz CT molecular complexity index is 1310. The molecule has 0 radical (unpaired) electrons. The fourth-order valence-corrected chi connectivity index (χ4v) is 4.22. The molecule has 32 heavy (non-hydrogen) atoms. The fraction of sp³-hybridized carbons (Fsp3) is 0.0833. The largest absolute Gasteiger partial charge is 0.507 e. The molecule has 1 aliphatic rings. The second-order valence-electron chi connectivity index (χ2n) is 7.29. The second-order valence-corrected chi connectivity index (χ2v) is 8.96. The summed E-state index contributed by atoms with van der Waals surface area (Å²) in [6.07, 6.45) is 0. The average Bonchev–Trinajstić information content (AvgIpc) is 3.02. The van der Waals surface area contributed by atoms with Crippen molar-refractivity contribution in [3.63, 3.8) is 0 Å². The highest BCUT2D eigenvalue weighted by Crippen LogP contribution is 2.43. The molecular formula is C24H15BrCl2FNO3. The van der Waals surface area contributed by atoms with Crippen LogP contribution in [0.1, 0.15) is 22.7 Å². The number of hydrogen-bond donors (Lipinski definition) is 1. The predicted molar refractivity (Wildman–Crippen MR) is 127 cm³/mol. The summed E-state index contributed by atoms with van der Waals surface area (Å²) in [5.74, 6) is -2.68. The fourth-order valence-electron chi connectivity index (χ4n) is 3.67. The van der Waals surface area contributed by atoms with Crippen molar-refractivity contribution in [1.82, 2.24) is 0 Å². The number of halogens is 4. The summed E-state index contributed by atoms with van der Waals surface area (Å²) >= 11 is 15.7.